The molecule has 0 aromatic carbocycles. The van der Waals surface area contributed by atoms with Crippen LogP contribution in [0.25, 0.3) is 39.3 Å². The fourth-order valence-electron chi connectivity index (χ4n) is 4.62. The van der Waals surface area contributed by atoms with E-state index in [4.69, 9.17) is 14.1 Å². The zero-order valence-corrected chi connectivity index (χ0v) is 18.4. The number of aryl methyl sites for hydroxylation is 1. The summed E-state index contributed by atoms with van der Waals surface area (Å²) in [5.41, 5.74) is 3.25. The van der Waals surface area contributed by atoms with Crippen LogP contribution in [0.4, 0.5) is 0 Å². The largest absolute Gasteiger partial charge is 0.450 e. The molecule has 168 valence electrons. The van der Waals surface area contributed by atoms with Gasteiger partial charge >= 0.3 is 5.69 Å². The van der Waals surface area contributed by atoms with Crippen molar-refractivity contribution < 1.29 is 9.15 Å². The van der Waals surface area contributed by atoms with E-state index in [1.807, 2.05) is 37.6 Å². The van der Waals surface area contributed by atoms with Gasteiger partial charge in [0.2, 0.25) is 0 Å². The van der Waals surface area contributed by atoms with Crippen molar-refractivity contribution in [2.75, 3.05) is 6.61 Å². The van der Waals surface area contributed by atoms with Gasteiger partial charge < -0.3 is 9.15 Å². The van der Waals surface area contributed by atoms with E-state index < -0.39 is 0 Å². The zero-order chi connectivity index (χ0) is 22.5. The molecular weight excluding hydrogens is 422 g/mol. The fraction of sp³-hybridized carbons (Fsp3) is 0.348. The standard InChI is InChI=1S/C23H23N7O3/c1-3-16-11-15(7-10-32-16)30-21-20-17(5-6-18(26-20)29-9-4-8-24-29)33-22(21)19(27-23(30)31)14-12-25-28(2)13-14/h4-6,8-9,12-13,15-16H,3,7,10-11H2,1-2H3. The van der Waals surface area contributed by atoms with Crippen molar-refractivity contribution in [3.63, 3.8) is 0 Å². The molecule has 1 aliphatic heterocycles. The summed E-state index contributed by atoms with van der Waals surface area (Å²) in [5.74, 6) is 0.646. The monoisotopic (exact) mass is 445 g/mol. The van der Waals surface area contributed by atoms with Gasteiger partial charge in [-0.3, -0.25) is 9.25 Å². The molecule has 0 radical (unpaired) electrons. The third-order valence-electron chi connectivity index (χ3n) is 6.24. The van der Waals surface area contributed by atoms with Crippen LogP contribution in [0.1, 0.15) is 32.2 Å². The zero-order valence-electron chi connectivity index (χ0n) is 18.4. The minimum Gasteiger partial charge on any atom is -0.450 e. The Morgan fingerprint density at radius 3 is 2.88 bits per heavy atom. The van der Waals surface area contributed by atoms with Gasteiger partial charge in [0.05, 0.1) is 12.3 Å². The Labute approximate surface area is 188 Å². The maximum Gasteiger partial charge on any atom is 0.349 e. The molecule has 33 heavy (non-hydrogen) atoms. The van der Waals surface area contributed by atoms with Gasteiger partial charge in [0.1, 0.15) is 16.7 Å². The third kappa shape index (κ3) is 3.25. The maximum atomic E-state index is 13.5. The molecule has 0 N–H and O–H groups in total. The Hall–Kier alpha value is -3.79. The summed E-state index contributed by atoms with van der Waals surface area (Å²) in [7, 11) is 1.82. The van der Waals surface area contributed by atoms with Crippen LogP contribution >= 0.6 is 0 Å². The van der Waals surface area contributed by atoms with Crippen LogP contribution in [-0.2, 0) is 11.8 Å². The summed E-state index contributed by atoms with van der Waals surface area (Å²) in [6.45, 7) is 2.70. The Morgan fingerprint density at radius 2 is 2.12 bits per heavy atom. The predicted molar refractivity (Wildman–Crippen MR) is 121 cm³/mol. The minimum absolute atomic E-state index is 0.0508. The van der Waals surface area contributed by atoms with E-state index in [-0.39, 0.29) is 17.8 Å². The van der Waals surface area contributed by atoms with E-state index in [1.54, 1.807) is 26.3 Å². The highest BCUT2D eigenvalue weighted by molar-refractivity contribution is 6.04. The molecule has 0 saturated carbocycles. The number of hydrogen-bond acceptors (Lipinski definition) is 7. The first kappa shape index (κ1) is 19.9. The lowest BCUT2D eigenvalue weighted by Gasteiger charge is -2.30. The molecule has 6 rings (SSSR count). The average Bonchev–Trinajstić information content (AvgIpc) is 3.58. The van der Waals surface area contributed by atoms with E-state index in [9.17, 15) is 4.79 Å². The molecule has 6 heterocycles. The second kappa shape index (κ2) is 7.66. The molecule has 2 atom stereocenters. The van der Waals surface area contributed by atoms with Crippen molar-refractivity contribution in [1.82, 2.24) is 34.1 Å². The lowest BCUT2D eigenvalue weighted by atomic mass is 10.0. The number of nitrogens with zero attached hydrogens (tertiary/aromatic N) is 7. The molecule has 10 nitrogen and oxygen atoms in total. The number of fused-ring (bicyclic) bond motifs is 3. The van der Waals surface area contributed by atoms with Crippen molar-refractivity contribution in [2.45, 2.75) is 38.3 Å². The summed E-state index contributed by atoms with van der Waals surface area (Å²) in [6, 6.07) is 5.50. The summed E-state index contributed by atoms with van der Waals surface area (Å²) >= 11 is 0. The van der Waals surface area contributed by atoms with Crippen LogP contribution in [0.15, 0.2) is 52.2 Å². The number of aromatic nitrogens is 7. The third-order valence-corrected chi connectivity index (χ3v) is 6.24. The van der Waals surface area contributed by atoms with Gasteiger partial charge in [-0.15, -0.1) is 0 Å². The van der Waals surface area contributed by atoms with Gasteiger partial charge in [0.25, 0.3) is 0 Å². The van der Waals surface area contributed by atoms with Gasteiger partial charge in [0.15, 0.2) is 17.0 Å². The lowest BCUT2D eigenvalue weighted by molar-refractivity contribution is -0.00710. The number of furan rings is 1. The minimum atomic E-state index is -0.322. The van der Waals surface area contributed by atoms with Crippen LogP contribution in [0.2, 0.25) is 0 Å². The van der Waals surface area contributed by atoms with Crippen molar-refractivity contribution in [3.8, 4) is 17.1 Å². The van der Waals surface area contributed by atoms with Crippen molar-refractivity contribution in [3.05, 3.63) is 53.5 Å². The Morgan fingerprint density at radius 1 is 1.21 bits per heavy atom. The average molecular weight is 445 g/mol. The maximum absolute atomic E-state index is 13.5. The molecule has 0 bridgehead atoms. The highest BCUT2D eigenvalue weighted by Gasteiger charge is 2.29. The van der Waals surface area contributed by atoms with E-state index in [0.717, 1.165) is 24.8 Å². The summed E-state index contributed by atoms with van der Waals surface area (Å²) in [5, 5.41) is 8.54. The highest BCUT2D eigenvalue weighted by atomic mass is 16.5. The first-order chi connectivity index (χ1) is 16.1. The van der Waals surface area contributed by atoms with Crippen LogP contribution in [0.5, 0.6) is 0 Å². The van der Waals surface area contributed by atoms with Crippen molar-refractivity contribution in [2.24, 2.45) is 7.05 Å². The van der Waals surface area contributed by atoms with Gasteiger partial charge in [-0.25, -0.2) is 14.5 Å². The van der Waals surface area contributed by atoms with Gasteiger partial charge in [0, 0.05) is 43.9 Å². The quantitative estimate of drug-likeness (QED) is 0.418. The summed E-state index contributed by atoms with van der Waals surface area (Å²) in [6.07, 6.45) is 9.50. The number of hydrogen-bond donors (Lipinski definition) is 0. The topological polar surface area (TPSA) is 106 Å². The van der Waals surface area contributed by atoms with E-state index in [2.05, 4.69) is 22.1 Å². The van der Waals surface area contributed by atoms with Crippen molar-refractivity contribution >= 4 is 22.2 Å². The Balaban J connectivity index is 1.66. The summed E-state index contributed by atoms with van der Waals surface area (Å²) < 4.78 is 17.3. The van der Waals surface area contributed by atoms with Crippen molar-refractivity contribution in [1.29, 1.82) is 0 Å². The first-order valence-electron chi connectivity index (χ1n) is 11.1. The van der Waals surface area contributed by atoms with Crippen LogP contribution in [0.3, 0.4) is 0 Å². The predicted octanol–water partition coefficient (Wildman–Crippen LogP) is 3.25. The highest BCUT2D eigenvalue weighted by Crippen LogP contribution is 2.36. The molecule has 0 spiro atoms. The number of ether oxygens (including phenoxy) is 1. The Kier molecular flexibility index (Phi) is 4.61. The smallest absolute Gasteiger partial charge is 0.349 e. The van der Waals surface area contributed by atoms with Gasteiger partial charge in [-0.1, -0.05) is 6.92 Å². The normalized spacial score (nSPS) is 19.0. The van der Waals surface area contributed by atoms with E-state index in [0.29, 0.717) is 40.3 Å². The Bertz CT molecular complexity index is 1510. The molecule has 0 amide bonds. The second-order valence-electron chi connectivity index (χ2n) is 8.34. The summed E-state index contributed by atoms with van der Waals surface area (Å²) in [4.78, 5) is 22.8. The molecule has 1 fully saturated rings. The van der Waals surface area contributed by atoms with Gasteiger partial charge in [-0.05, 0) is 37.5 Å². The lowest BCUT2D eigenvalue weighted by Crippen LogP contribution is -2.34. The molecule has 0 aliphatic carbocycles. The molecule has 5 aromatic heterocycles. The van der Waals surface area contributed by atoms with Crippen LogP contribution in [0, 0.1) is 0 Å². The molecule has 10 heteroatoms. The van der Waals surface area contributed by atoms with Gasteiger partial charge in [-0.2, -0.15) is 15.2 Å². The molecular formula is C23H23N7O3. The number of rotatable bonds is 4. The molecule has 2 unspecified atom stereocenters. The SMILES string of the molecule is CCC1CC(n2c(=O)nc(-c3cnn(C)c3)c3oc4ccc(-n5cccn5)nc4c32)CCO1. The van der Waals surface area contributed by atoms with E-state index >= 15 is 0 Å². The van der Waals surface area contributed by atoms with E-state index in [1.165, 1.54) is 0 Å². The molecule has 5 aromatic rings. The van der Waals surface area contributed by atoms with Crippen LogP contribution < -0.4 is 5.69 Å². The number of pyridine rings is 1. The van der Waals surface area contributed by atoms with Crippen LogP contribution in [-0.4, -0.2) is 46.8 Å². The molecule has 1 aliphatic rings. The fourth-order valence-corrected chi connectivity index (χ4v) is 4.62. The molecule has 1 saturated heterocycles. The second-order valence-corrected chi connectivity index (χ2v) is 8.34. The first-order valence-corrected chi connectivity index (χ1v) is 11.1.